The number of aromatic nitrogens is 2. The van der Waals surface area contributed by atoms with Crippen LogP contribution in [0.25, 0.3) is 0 Å². The van der Waals surface area contributed by atoms with Crippen LogP contribution in [0, 0.1) is 0 Å². The van der Waals surface area contributed by atoms with Crippen molar-refractivity contribution in [3.8, 4) is 0 Å². The van der Waals surface area contributed by atoms with E-state index in [1.54, 1.807) is 22.8 Å². The third-order valence-electron chi connectivity index (χ3n) is 3.72. The third-order valence-corrected chi connectivity index (χ3v) is 3.72. The summed E-state index contributed by atoms with van der Waals surface area (Å²) in [5, 5.41) is 9.13. The molecule has 0 bridgehead atoms. The quantitative estimate of drug-likeness (QED) is 0.851. The molecule has 0 saturated carbocycles. The van der Waals surface area contributed by atoms with Gasteiger partial charge in [-0.3, -0.25) is 9.59 Å². The van der Waals surface area contributed by atoms with Crippen LogP contribution < -0.4 is 0 Å². The summed E-state index contributed by atoms with van der Waals surface area (Å²) in [6, 6.07) is 7.06. The van der Waals surface area contributed by atoms with Gasteiger partial charge in [0, 0.05) is 25.5 Å². The van der Waals surface area contributed by atoms with Crippen LogP contribution in [0.15, 0.2) is 30.5 Å². The molecule has 19 heavy (non-hydrogen) atoms. The van der Waals surface area contributed by atoms with Gasteiger partial charge >= 0.3 is 5.97 Å². The van der Waals surface area contributed by atoms with Crippen molar-refractivity contribution in [2.24, 2.45) is 7.05 Å². The molecule has 0 spiro atoms. The molecule has 0 fully saturated rings. The first-order chi connectivity index (χ1) is 9.09. The first kappa shape index (κ1) is 11.8. The van der Waals surface area contributed by atoms with Crippen molar-refractivity contribution >= 4 is 11.8 Å². The van der Waals surface area contributed by atoms with Crippen molar-refractivity contribution in [1.29, 1.82) is 0 Å². The predicted molar refractivity (Wildman–Crippen MR) is 68.3 cm³/mol. The van der Waals surface area contributed by atoms with E-state index in [1.165, 1.54) is 0 Å². The second-order valence-electron chi connectivity index (χ2n) is 4.81. The molecule has 1 N–H and O–H groups in total. The summed E-state index contributed by atoms with van der Waals surface area (Å²) in [7, 11) is 1.82. The Morgan fingerprint density at radius 3 is 2.68 bits per heavy atom. The van der Waals surface area contributed by atoms with E-state index in [4.69, 9.17) is 5.11 Å². The molecule has 98 valence electrons. The Balaban J connectivity index is 2.01. The lowest BCUT2D eigenvalue weighted by molar-refractivity contribution is -0.138. The number of nitrogens with zero attached hydrogens (tertiary/aromatic N) is 2. The molecule has 1 atom stereocenters. The minimum Gasteiger partial charge on any atom is -0.481 e. The van der Waals surface area contributed by atoms with Crippen molar-refractivity contribution in [1.82, 2.24) is 9.13 Å². The van der Waals surface area contributed by atoms with Gasteiger partial charge in [-0.05, 0) is 30.7 Å². The van der Waals surface area contributed by atoms with Crippen LogP contribution in [0.4, 0.5) is 0 Å². The summed E-state index contributed by atoms with van der Waals surface area (Å²) in [6.45, 7) is 0.588. The number of carboxylic acids is 1. The Hall–Kier alpha value is -2.30. The van der Waals surface area contributed by atoms with Gasteiger partial charge in [0.2, 0.25) is 5.78 Å². The van der Waals surface area contributed by atoms with Gasteiger partial charge in [-0.2, -0.15) is 0 Å². The maximum absolute atomic E-state index is 12.4. The smallest absolute Gasteiger partial charge is 0.312 e. The van der Waals surface area contributed by atoms with Crippen molar-refractivity contribution < 1.29 is 14.7 Å². The summed E-state index contributed by atoms with van der Waals surface area (Å²) >= 11 is 0. The minimum atomic E-state index is -0.824. The Bertz CT molecular complexity index is 666. The maximum atomic E-state index is 12.4. The standard InChI is InChI=1S/C14H14N2O3/c1-15-7-2-3-11(15)13(17)12-5-4-10-9(14(18)19)6-8-16(10)12/h2-5,7,9H,6,8H2,1H3,(H,18,19). The highest BCUT2D eigenvalue weighted by molar-refractivity contribution is 6.07. The zero-order valence-corrected chi connectivity index (χ0v) is 10.5. The number of hydrogen-bond acceptors (Lipinski definition) is 2. The van der Waals surface area contributed by atoms with E-state index in [1.807, 2.05) is 23.9 Å². The van der Waals surface area contributed by atoms with Crippen LogP contribution in [0.5, 0.6) is 0 Å². The molecular weight excluding hydrogens is 244 g/mol. The number of aliphatic carboxylic acids is 1. The Morgan fingerprint density at radius 2 is 2.05 bits per heavy atom. The topological polar surface area (TPSA) is 64.2 Å². The second kappa shape index (κ2) is 4.12. The van der Waals surface area contributed by atoms with Crippen LogP contribution >= 0.6 is 0 Å². The van der Waals surface area contributed by atoms with Gasteiger partial charge in [0.15, 0.2) is 0 Å². The van der Waals surface area contributed by atoms with E-state index >= 15 is 0 Å². The average Bonchev–Trinajstić information content (AvgIpc) is 3.01. The van der Waals surface area contributed by atoms with Crippen LogP contribution in [-0.2, 0) is 18.4 Å². The van der Waals surface area contributed by atoms with E-state index < -0.39 is 11.9 Å². The molecule has 3 rings (SSSR count). The molecule has 5 nitrogen and oxygen atoms in total. The number of rotatable bonds is 3. The van der Waals surface area contributed by atoms with E-state index in [-0.39, 0.29) is 5.78 Å². The summed E-state index contributed by atoms with van der Waals surface area (Å²) in [5.74, 6) is -1.38. The molecule has 0 radical (unpaired) electrons. The molecule has 0 aliphatic carbocycles. The number of aryl methyl sites for hydroxylation is 1. The summed E-state index contributed by atoms with van der Waals surface area (Å²) in [5.41, 5.74) is 1.91. The lowest BCUT2D eigenvalue weighted by atomic mass is 10.1. The fraction of sp³-hybridized carbons (Fsp3) is 0.286. The monoisotopic (exact) mass is 258 g/mol. The lowest BCUT2D eigenvalue weighted by Gasteiger charge is -2.06. The van der Waals surface area contributed by atoms with Crippen LogP contribution in [-0.4, -0.2) is 26.0 Å². The fourth-order valence-corrected chi connectivity index (χ4v) is 2.72. The van der Waals surface area contributed by atoms with E-state index in [2.05, 4.69) is 0 Å². The Morgan fingerprint density at radius 1 is 1.26 bits per heavy atom. The van der Waals surface area contributed by atoms with Crippen molar-refractivity contribution in [3.63, 3.8) is 0 Å². The highest BCUT2D eigenvalue weighted by atomic mass is 16.4. The largest absolute Gasteiger partial charge is 0.481 e. The number of carbonyl (C=O) groups is 2. The molecule has 1 aliphatic rings. The SMILES string of the molecule is Cn1cccc1C(=O)c1ccc2n1CCC2C(=O)O. The van der Waals surface area contributed by atoms with E-state index in [0.29, 0.717) is 24.4 Å². The maximum Gasteiger partial charge on any atom is 0.312 e. The van der Waals surface area contributed by atoms with Crippen molar-refractivity contribution in [3.05, 3.63) is 47.5 Å². The van der Waals surface area contributed by atoms with Gasteiger partial charge in [-0.15, -0.1) is 0 Å². The average molecular weight is 258 g/mol. The molecule has 1 aliphatic heterocycles. The summed E-state index contributed by atoms with van der Waals surface area (Å²) < 4.78 is 3.60. The normalized spacial score (nSPS) is 17.4. The van der Waals surface area contributed by atoms with Crippen molar-refractivity contribution in [2.45, 2.75) is 18.9 Å². The van der Waals surface area contributed by atoms with E-state index in [9.17, 15) is 9.59 Å². The summed E-state index contributed by atoms with van der Waals surface area (Å²) in [6.07, 6.45) is 2.38. The molecule has 5 heteroatoms. The Kier molecular flexibility index (Phi) is 2.55. The van der Waals surface area contributed by atoms with Gasteiger partial charge in [0.05, 0.1) is 17.3 Å². The molecular formula is C14H14N2O3. The number of fused-ring (bicyclic) bond motifs is 1. The fourth-order valence-electron chi connectivity index (χ4n) is 2.72. The van der Waals surface area contributed by atoms with Crippen LogP contribution in [0.1, 0.15) is 34.2 Å². The number of carbonyl (C=O) groups excluding carboxylic acids is 1. The molecule has 2 aromatic heterocycles. The third kappa shape index (κ3) is 1.69. The predicted octanol–water partition coefficient (Wildman–Crippen LogP) is 1.63. The molecule has 0 saturated heterocycles. The highest BCUT2D eigenvalue weighted by Crippen LogP contribution is 2.31. The zero-order chi connectivity index (χ0) is 13.6. The van der Waals surface area contributed by atoms with Crippen molar-refractivity contribution in [2.75, 3.05) is 0 Å². The molecule has 0 amide bonds. The highest BCUT2D eigenvalue weighted by Gasteiger charge is 2.31. The zero-order valence-electron chi connectivity index (χ0n) is 10.5. The molecule has 2 aromatic rings. The van der Waals surface area contributed by atoms with Gasteiger partial charge in [-0.25, -0.2) is 0 Å². The lowest BCUT2D eigenvalue weighted by Crippen LogP contribution is -2.12. The number of ketones is 1. The van der Waals surface area contributed by atoms with Gasteiger partial charge < -0.3 is 14.2 Å². The van der Waals surface area contributed by atoms with E-state index in [0.717, 1.165) is 5.69 Å². The van der Waals surface area contributed by atoms with Gasteiger partial charge in [0.25, 0.3) is 0 Å². The van der Waals surface area contributed by atoms with Gasteiger partial charge in [0.1, 0.15) is 0 Å². The number of hydrogen-bond donors (Lipinski definition) is 1. The molecule has 1 unspecified atom stereocenters. The summed E-state index contributed by atoms with van der Waals surface area (Å²) in [4.78, 5) is 23.6. The first-order valence-electron chi connectivity index (χ1n) is 6.18. The Labute approximate surface area is 110 Å². The first-order valence-corrected chi connectivity index (χ1v) is 6.18. The molecule has 3 heterocycles. The van der Waals surface area contributed by atoms with Crippen LogP contribution in [0.3, 0.4) is 0 Å². The number of carboxylic acid groups (broad SMARTS) is 1. The molecule has 0 aromatic carbocycles. The van der Waals surface area contributed by atoms with Gasteiger partial charge in [-0.1, -0.05) is 0 Å². The second-order valence-corrected chi connectivity index (χ2v) is 4.81. The van der Waals surface area contributed by atoms with Crippen LogP contribution in [0.2, 0.25) is 0 Å². The minimum absolute atomic E-state index is 0.0650.